The third-order valence-corrected chi connectivity index (χ3v) is 4.93. The molecule has 2 aromatic carbocycles. The molecule has 0 spiro atoms. The van der Waals surface area contributed by atoms with Crippen LogP contribution in [0.25, 0.3) is 0 Å². The van der Waals surface area contributed by atoms with Crippen LogP contribution in [0.4, 0.5) is 10.1 Å². The van der Waals surface area contributed by atoms with Crippen LogP contribution in [0, 0.1) is 5.82 Å². The Balaban J connectivity index is 2.06. The number of thioether (sulfide) groups is 1. The maximum absolute atomic E-state index is 13.3. The van der Waals surface area contributed by atoms with Crippen molar-refractivity contribution in [3.05, 3.63) is 53.8 Å². The SMILES string of the molecule is CS(=O)(=O)c1ccc(SCc2ccc(N)c(F)c2)cc1. The Bertz CT molecular complexity index is 712. The number of hydrogen-bond acceptors (Lipinski definition) is 4. The van der Waals surface area contributed by atoms with Crippen molar-refractivity contribution in [3.63, 3.8) is 0 Å². The molecule has 0 aliphatic heterocycles. The number of sulfone groups is 1. The smallest absolute Gasteiger partial charge is 0.175 e. The summed E-state index contributed by atoms with van der Waals surface area (Å²) in [6.45, 7) is 0. The van der Waals surface area contributed by atoms with Gasteiger partial charge in [0.05, 0.1) is 10.6 Å². The molecule has 0 amide bonds. The Hall–Kier alpha value is -1.53. The first-order chi connectivity index (χ1) is 9.36. The van der Waals surface area contributed by atoms with Crippen molar-refractivity contribution in [2.75, 3.05) is 12.0 Å². The predicted octanol–water partition coefficient (Wildman–Crippen LogP) is 3.10. The molecular formula is C14H14FNO2S2. The summed E-state index contributed by atoms with van der Waals surface area (Å²) in [4.78, 5) is 1.22. The molecule has 6 heteroatoms. The van der Waals surface area contributed by atoms with E-state index in [9.17, 15) is 12.8 Å². The number of benzene rings is 2. The largest absolute Gasteiger partial charge is 0.396 e. The minimum atomic E-state index is -3.17. The van der Waals surface area contributed by atoms with Crippen molar-refractivity contribution in [1.82, 2.24) is 0 Å². The highest BCUT2D eigenvalue weighted by Gasteiger charge is 2.06. The summed E-state index contributed by atoms with van der Waals surface area (Å²) >= 11 is 1.51. The molecule has 3 nitrogen and oxygen atoms in total. The number of nitrogen functional groups attached to an aromatic ring is 1. The highest BCUT2D eigenvalue weighted by Crippen LogP contribution is 2.25. The maximum Gasteiger partial charge on any atom is 0.175 e. The summed E-state index contributed by atoms with van der Waals surface area (Å²) in [5.74, 6) is 0.172. The van der Waals surface area contributed by atoms with E-state index in [0.29, 0.717) is 10.6 Å². The zero-order valence-electron chi connectivity index (χ0n) is 10.8. The van der Waals surface area contributed by atoms with E-state index in [1.165, 1.54) is 30.2 Å². The van der Waals surface area contributed by atoms with Crippen molar-refractivity contribution < 1.29 is 12.8 Å². The van der Waals surface area contributed by atoms with Gasteiger partial charge in [-0.25, -0.2) is 12.8 Å². The van der Waals surface area contributed by atoms with E-state index in [-0.39, 0.29) is 5.69 Å². The molecule has 0 heterocycles. The van der Waals surface area contributed by atoms with Crippen LogP contribution >= 0.6 is 11.8 Å². The Labute approximate surface area is 121 Å². The molecule has 2 aromatic rings. The maximum atomic E-state index is 13.3. The second-order valence-electron chi connectivity index (χ2n) is 4.39. The van der Waals surface area contributed by atoms with E-state index in [1.807, 2.05) is 0 Å². The molecule has 0 saturated heterocycles. The molecular weight excluding hydrogens is 297 g/mol. The quantitative estimate of drug-likeness (QED) is 0.696. The van der Waals surface area contributed by atoms with Gasteiger partial charge in [0.1, 0.15) is 5.82 Å². The fraction of sp³-hybridized carbons (Fsp3) is 0.143. The Morgan fingerprint density at radius 2 is 1.80 bits per heavy atom. The van der Waals surface area contributed by atoms with Crippen LogP contribution in [0.3, 0.4) is 0 Å². The van der Waals surface area contributed by atoms with Gasteiger partial charge in [-0.2, -0.15) is 0 Å². The summed E-state index contributed by atoms with van der Waals surface area (Å²) in [6, 6.07) is 11.4. The second kappa shape index (κ2) is 5.85. The van der Waals surface area contributed by atoms with E-state index in [0.717, 1.165) is 10.5 Å². The zero-order chi connectivity index (χ0) is 14.8. The molecule has 0 bridgehead atoms. The van der Waals surface area contributed by atoms with Gasteiger partial charge in [-0.3, -0.25) is 0 Å². The van der Waals surface area contributed by atoms with E-state index < -0.39 is 15.7 Å². The van der Waals surface area contributed by atoms with Crippen molar-refractivity contribution >= 4 is 27.3 Å². The molecule has 0 aliphatic carbocycles. The van der Waals surface area contributed by atoms with E-state index in [4.69, 9.17) is 5.73 Å². The van der Waals surface area contributed by atoms with E-state index >= 15 is 0 Å². The fourth-order valence-corrected chi connectivity index (χ4v) is 3.08. The van der Waals surface area contributed by atoms with Crippen LogP contribution in [0.1, 0.15) is 5.56 Å². The van der Waals surface area contributed by atoms with Crippen LogP contribution in [0.5, 0.6) is 0 Å². The van der Waals surface area contributed by atoms with Gasteiger partial charge >= 0.3 is 0 Å². The molecule has 0 unspecified atom stereocenters. The Morgan fingerprint density at radius 1 is 1.15 bits per heavy atom. The molecule has 0 fully saturated rings. The molecule has 0 saturated carbocycles. The number of nitrogens with two attached hydrogens (primary N) is 1. The van der Waals surface area contributed by atoms with Crippen LogP contribution in [-0.4, -0.2) is 14.7 Å². The molecule has 106 valence electrons. The summed E-state index contributed by atoms with van der Waals surface area (Å²) in [5, 5.41) is 0. The minimum absolute atomic E-state index is 0.135. The zero-order valence-corrected chi connectivity index (χ0v) is 12.5. The molecule has 2 rings (SSSR count). The van der Waals surface area contributed by atoms with E-state index in [1.54, 1.807) is 30.3 Å². The third-order valence-electron chi connectivity index (χ3n) is 2.72. The molecule has 0 radical (unpaired) electrons. The van der Waals surface area contributed by atoms with Crippen LogP contribution < -0.4 is 5.73 Å². The normalized spacial score (nSPS) is 11.5. The molecule has 2 N–H and O–H groups in total. The standard InChI is InChI=1S/C14H14FNO2S2/c1-20(17,18)12-5-3-11(4-6-12)19-9-10-2-7-14(16)13(15)8-10/h2-8H,9,16H2,1H3. The average molecular weight is 311 g/mol. The summed E-state index contributed by atoms with van der Waals surface area (Å²) < 4.78 is 36.0. The minimum Gasteiger partial charge on any atom is -0.396 e. The highest BCUT2D eigenvalue weighted by atomic mass is 32.2. The van der Waals surface area contributed by atoms with Gasteiger partial charge < -0.3 is 5.73 Å². The van der Waals surface area contributed by atoms with Crippen molar-refractivity contribution in [1.29, 1.82) is 0 Å². The summed E-state index contributed by atoms with van der Waals surface area (Å²) in [5.41, 5.74) is 6.38. The second-order valence-corrected chi connectivity index (χ2v) is 7.45. The molecule has 0 aromatic heterocycles. The van der Waals surface area contributed by atoms with Gasteiger partial charge in [0, 0.05) is 16.9 Å². The molecule has 0 aliphatic rings. The van der Waals surface area contributed by atoms with Gasteiger partial charge in [0.2, 0.25) is 0 Å². The molecule has 0 atom stereocenters. The number of anilines is 1. The predicted molar refractivity (Wildman–Crippen MR) is 79.9 cm³/mol. The number of hydrogen-bond donors (Lipinski definition) is 1. The first kappa shape index (κ1) is 14.9. The van der Waals surface area contributed by atoms with Crippen molar-refractivity contribution in [2.24, 2.45) is 0 Å². The summed E-state index contributed by atoms with van der Waals surface area (Å²) in [6.07, 6.45) is 1.17. The lowest BCUT2D eigenvalue weighted by Crippen LogP contribution is -1.96. The monoisotopic (exact) mass is 311 g/mol. The van der Waals surface area contributed by atoms with Gasteiger partial charge in [-0.15, -0.1) is 11.8 Å². The number of rotatable bonds is 4. The van der Waals surface area contributed by atoms with Crippen LogP contribution in [-0.2, 0) is 15.6 Å². The fourth-order valence-electron chi connectivity index (χ4n) is 1.61. The van der Waals surface area contributed by atoms with Crippen molar-refractivity contribution in [3.8, 4) is 0 Å². The lowest BCUT2D eigenvalue weighted by molar-refractivity contribution is 0.602. The van der Waals surface area contributed by atoms with Gasteiger partial charge in [0.25, 0.3) is 0 Å². The van der Waals surface area contributed by atoms with Crippen LogP contribution in [0.2, 0.25) is 0 Å². The Morgan fingerprint density at radius 3 is 2.35 bits per heavy atom. The average Bonchev–Trinajstić information content (AvgIpc) is 2.40. The summed E-state index contributed by atoms with van der Waals surface area (Å²) in [7, 11) is -3.17. The van der Waals surface area contributed by atoms with Gasteiger partial charge in [-0.05, 0) is 42.0 Å². The van der Waals surface area contributed by atoms with E-state index in [2.05, 4.69) is 0 Å². The van der Waals surface area contributed by atoms with Crippen molar-refractivity contribution in [2.45, 2.75) is 15.5 Å². The molecule has 20 heavy (non-hydrogen) atoms. The first-order valence-corrected chi connectivity index (χ1v) is 8.71. The highest BCUT2D eigenvalue weighted by molar-refractivity contribution is 7.98. The van der Waals surface area contributed by atoms with Crippen LogP contribution in [0.15, 0.2) is 52.3 Å². The Kier molecular flexibility index (Phi) is 4.35. The lowest BCUT2D eigenvalue weighted by atomic mass is 10.2. The topological polar surface area (TPSA) is 60.2 Å². The first-order valence-electron chi connectivity index (χ1n) is 5.83. The third kappa shape index (κ3) is 3.74. The van der Waals surface area contributed by atoms with Gasteiger partial charge in [-0.1, -0.05) is 6.07 Å². The number of halogens is 1. The van der Waals surface area contributed by atoms with Gasteiger partial charge in [0.15, 0.2) is 9.84 Å². The lowest BCUT2D eigenvalue weighted by Gasteiger charge is -2.05.